The van der Waals surface area contributed by atoms with Gasteiger partial charge in [0.15, 0.2) is 0 Å². The van der Waals surface area contributed by atoms with E-state index in [-0.39, 0.29) is 19.6 Å². The predicted octanol–water partition coefficient (Wildman–Crippen LogP) is 2.48. The van der Waals surface area contributed by atoms with Crippen LogP contribution in [0.5, 0.6) is 0 Å². The Balaban J connectivity index is 2.62. The predicted molar refractivity (Wildman–Crippen MR) is 100.0 cm³/mol. The molecule has 0 radical (unpaired) electrons. The van der Waals surface area contributed by atoms with E-state index in [2.05, 4.69) is 19.7 Å². The van der Waals surface area contributed by atoms with Crippen molar-refractivity contribution in [1.82, 2.24) is 10.6 Å². The maximum absolute atomic E-state index is 14.4. The lowest BCUT2D eigenvalue weighted by Gasteiger charge is -2.22. The molecule has 1 fully saturated rings. The van der Waals surface area contributed by atoms with Crippen LogP contribution in [0.4, 0.5) is 8.78 Å². The molecule has 0 spiro atoms. The smallest absolute Gasteiger partial charge is 0.350 e. The molecule has 0 saturated heterocycles. The highest BCUT2D eigenvalue weighted by Gasteiger charge is 2.44. The maximum atomic E-state index is 14.4. The monoisotopic (exact) mass is 464 g/mol. The summed E-state index contributed by atoms with van der Waals surface area (Å²) < 4.78 is 71.3. The van der Waals surface area contributed by atoms with Crippen molar-refractivity contribution in [2.75, 3.05) is 27.4 Å². The van der Waals surface area contributed by atoms with Gasteiger partial charge in [-0.25, -0.2) is 8.78 Å². The summed E-state index contributed by atoms with van der Waals surface area (Å²) >= 11 is 0. The molecule has 0 aromatic rings. The molecule has 29 heavy (non-hydrogen) atoms. The number of carbonyl (C=O) groups is 2. The zero-order valence-corrected chi connectivity index (χ0v) is 18.6. The van der Waals surface area contributed by atoms with Crippen LogP contribution >= 0.6 is 15.2 Å². The van der Waals surface area contributed by atoms with Gasteiger partial charge >= 0.3 is 15.2 Å². The highest BCUT2D eigenvalue weighted by molar-refractivity contribution is 7.55. The van der Waals surface area contributed by atoms with Crippen molar-refractivity contribution < 1.29 is 45.6 Å². The van der Waals surface area contributed by atoms with Gasteiger partial charge < -0.3 is 28.7 Å². The van der Waals surface area contributed by atoms with Gasteiger partial charge in [0, 0.05) is 26.3 Å². The number of halogens is 2. The molecule has 4 unspecified atom stereocenters. The molecule has 1 saturated carbocycles. The van der Waals surface area contributed by atoms with E-state index in [1.807, 2.05) is 0 Å². The van der Waals surface area contributed by atoms with Gasteiger partial charge in [0.1, 0.15) is 0 Å². The number of rotatable bonds is 12. The van der Waals surface area contributed by atoms with E-state index < -0.39 is 50.9 Å². The first-order valence-corrected chi connectivity index (χ1v) is 12.3. The van der Waals surface area contributed by atoms with Gasteiger partial charge in [-0.2, -0.15) is 0 Å². The van der Waals surface area contributed by atoms with Crippen LogP contribution in [0, 0.1) is 0 Å². The normalized spacial score (nSPS) is 22.1. The van der Waals surface area contributed by atoms with E-state index in [0.717, 1.165) is 14.2 Å². The second kappa shape index (κ2) is 11.5. The lowest BCUT2D eigenvalue weighted by atomic mass is 10.2. The molecule has 0 aliphatic heterocycles. The standard InChI is InChI=1S/C15H28F2N2O8P2/c1-5-26-29(23,27-6-2)13(17)15(21)19-11-8-7-10(9-11)18-14(20)12(16)28(22,24-3)25-4/h10-13H,5-9H2,1-4H3,(H,18,20)(H,19,21). The number of amides is 2. The second-order valence-electron chi connectivity index (χ2n) is 6.18. The molecule has 4 atom stereocenters. The highest BCUT2D eigenvalue weighted by Crippen LogP contribution is 2.54. The molecule has 14 heteroatoms. The third-order valence-corrected chi connectivity index (χ3v) is 8.07. The zero-order valence-electron chi connectivity index (χ0n) is 16.8. The van der Waals surface area contributed by atoms with Crippen LogP contribution < -0.4 is 10.6 Å². The summed E-state index contributed by atoms with van der Waals surface area (Å²) in [5.41, 5.74) is 0. The van der Waals surface area contributed by atoms with Gasteiger partial charge in [-0.05, 0) is 33.1 Å². The third kappa shape index (κ3) is 6.80. The van der Waals surface area contributed by atoms with Gasteiger partial charge in [-0.15, -0.1) is 0 Å². The Hall–Kier alpha value is -0.900. The maximum Gasteiger partial charge on any atom is 0.374 e. The summed E-state index contributed by atoms with van der Waals surface area (Å²) in [5, 5.41) is 4.75. The quantitative estimate of drug-likeness (QED) is 0.422. The van der Waals surface area contributed by atoms with Crippen LogP contribution in [-0.2, 0) is 36.8 Å². The van der Waals surface area contributed by atoms with Crippen LogP contribution in [0.25, 0.3) is 0 Å². The second-order valence-corrected chi connectivity index (χ2v) is 10.5. The average Bonchev–Trinajstić information content (AvgIpc) is 3.12. The van der Waals surface area contributed by atoms with Crippen LogP contribution in [0.3, 0.4) is 0 Å². The zero-order chi connectivity index (χ0) is 22.2. The van der Waals surface area contributed by atoms with Gasteiger partial charge in [0.2, 0.25) is 0 Å². The van der Waals surface area contributed by atoms with E-state index in [4.69, 9.17) is 9.05 Å². The third-order valence-electron chi connectivity index (χ3n) is 4.24. The van der Waals surface area contributed by atoms with Crippen molar-refractivity contribution >= 4 is 27.0 Å². The van der Waals surface area contributed by atoms with E-state index in [9.17, 15) is 27.5 Å². The lowest BCUT2D eigenvalue weighted by Crippen LogP contribution is -2.42. The van der Waals surface area contributed by atoms with Crippen molar-refractivity contribution in [1.29, 1.82) is 0 Å². The molecule has 2 amide bonds. The molecule has 1 aliphatic carbocycles. The number of nitrogens with one attached hydrogen (secondary N) is 2. The molecule has 10 nitrogen and oxygen atoms in total. The van der Waals surface area contributed by atoms with Crippen molar-refractivity contribution in [3.05, 3.63) is 0 Å². The van der Waals surface area contributed by atoms with Crippen LogP contribution in [-0.4, -0.2) is 63.2 Å². The number of alkyl halides is 2. The van der Waals surface area contributed by atoms with E-state index >= 15 is 0 Å². The fourth-order valence-electron chi connectivity index (χ4n) is 2.86. The Morgan fingerprint density at radius 1 is 0.897 bits per heavy atom. The molecule has 1 aliphatic rings. The van der Waals surface area contributed by atoms with Gasteiger partial charge in [-0.3, -0.25) is 18.7 Å². The Bertz CT molecular complexity index is 650. The topological polar surface area (TPSA) is 129 Å². The highest BCUT2D eigenvalue weighted by atomic mass is 31.2. The van der Waals surface area contributed by atoms with E-state index in [1.54, 1.807) is 0 Å². The molecule has 0 bridgehead atoms. The largest absolute Gasteiger partial charge is 0.374 e. The first-order valence-electron chi connectivity index (χ1n) is 9.05. The minimum atomic E-state index is -4.26. The Morgan fingerprint density at radius 3 is 1.62 bits per heavy atom. The average molecular weight is 464 g/mol. The minimum Gasteiger partial charge on any atom is -0.350 e. The minimum absolute atomic E-state index is 0.0975. The van der Waals surface area contributed by atoms with Crippen molar-refractivity contribution in [3.8, 4) is 0 Å². The van der Waals surface area contributed by atoms with Crippen LogP contribution in [0.1, 0.15) is 33.1 Å². The number of hydrogen-bond acceptors (Lipinski definition) is 8. The first-order chi connectivity index (χ1) is 13.6. The summed E-state index contributed by atoms with van der Waals surface area (Å²) in [6.45, 7) is 2.79. The molecule has 2 N–H and O–H groups in total. The molecule has 0 aromatic heterocycles. The van der Waals surface area contributed by atoms with Crippen LogP contribution in [0.15, 0.2) is 0 Å². The Labute approximate surface area is 168 Å². The molecule has 170 valence electrons. The number of hydrogen-bond donors (Lipinski definition) is 2. The summed E-state index contributed by atoms with van der Waals surface area (Å²) in [7, 11) is -6.56. The molecular weight excluding hydrogens is 436 g/mol. The van der Waals surface area contributed by atoms with Gasteiger partial charge in [0.05, 0.1) is 13.2 Å². The van der Waals surface area contributed by atoms with E-state index in [1.165, 1.54) is 13.8 Å². The molecular formula is C15H28F2N2O8P2. The van der Waals surface area contributed by atoms with E-state index in [0.29, 0.717) is 12.8 Å². The fraction of sp³-hybridized carbons (Fsp3) is 0.867. The molecule has 0 heterocycles. The van der Waals surface area contributed by atoms with Gasteiger partial charge in [-0.1, -0.05) is 0 Å². The van der Waals surface area contributed by atoms with Crippen molar-refractivity contribution in [2.24, 2.45) is 0 Å². The Morgan fingerprint density at radius 2 is 1.28 bits per heavy atom. The fourth-order valence-corrected chi connectivity index (χ4v) is 5.16. The SMILES string of the molecule is CCOP(=O)(OCC)C(F)C(=O)NC1CCC(NC(=O)C(F)P(=O)(OC)OC)C1. The van der Waals surface area contributed by atoms with Crippen molar-refractivity contribution in [2.45, 2.75) is 57.0 Å². The molecule has 0 aromatic carbocycles. The van der Waals surface area contributed by atoms with Crippen molar-refractivity contribution in [3.63, 3.8) is 0 Å². The Kier molecular flexibility index (Phi) is 10.3. The number of carbonyl (C=O) groups excluding carboxylic acids is 2. The summed E-state index contributed by atoms with van der Waals surface area (Å²) in [6.07, 6.45) is 0.897. The summed E-state index contributed by atoms with van der Waals surface area (Å²) in [5.74, 6) is -7.33. The van der Waals surface area contributed by atoms with Crippen LogP contribution in [0.2, 0.25) is 0 Å². The molecule has 1 rings (SSSR count). The lowest BCUT2D eigenvalue weighted by molar-refractivity contribution is -0.125. The first kappa shape index (κ1) is 26.1. The van der Waals surface area contributed by atoms with Gasteiger partial charge in [0.25, 0.3) is 23.6 Å². The summed E-state index contributed by atoms with van der Waals surface area (Å²) in [6, 6.07) is -1.09. The summed E-state index contributed by atoms with van der Waals surface area (Å²) in [4.78, 5) is 24.0.